The van der Waals surface area contributed by atoms with Gasteiger partial charge in [-0.3, -0.25) is 43.5 Å². The van der Waals surface area contributed by atoms with E-state index in [0.29, 0.717) is 125 Å². The van der Waals surface area contributed by atoms with Gasteiger partial charge in [-0.1, -0.05) is 144 Å². The van der Waals surface area contributed by atoms with Crippen LogP contribution in [0.1, 0.15) is 216 Å². The maximum Gasteiger partial charge on any atom is 0.231 e. The Morgan fingerprint density at radius 2 is 0.609 bits per heavy atom. The molecule has 0 unspecified atom stereocenters. The zero-order valence-electron chi connectivity index (χ0n) is 80.9. The van der Waals surface area contributed by atoms with Crippen LogP contribution in [0.4, 0.5) is 0 Å². The fraction of sp³-hybridized carbons (Fsp3) is 0.464. The zero-order valence-corrected chi connectivity index (χ0v) is 80.9. The monoisotopic (exact) mass is 1810 g/mol. The number of carbonyl (C=O) groups is 6. The Bertz CT molecular complexity index is 5400. The van der Waals surface area contributed by atoms with E-state index in [1.807, 2.05) is 201 Å². The van der Waals surface area contributed by atoms with Crippen molar-refractivity contribution in [3.63, 3.8) is 0 Å². The van der Waals surface area contributed by atoms with Crippen LogP contribution in [0.15, 0.2) is 182 Å². The predicted octanol–water partition coefficient (Wildman–Crippen LogP) is 20.0. The summed E-state index contributed by atoms with van der Waals surface area (Å²) in [6, 6.07) is 59.7. The first-order chi connectivity index (χ1) is 63.9. The van der Waals surface area contributed by atoms with Gasteiger partial charge in [-0.2, -0.15) is 0 Å². The molecule has 3 saturated heterocycles. The fourth-order valence-electron chi connectivity index (χ4n) is 20.1. The lowest BCUT2D eigenvalue weighted by molar-refractivity contribution is -0.123. The Hall–Kier alpha value is -11.0. The summed E-state index contributed by atoms with van der Waals surface area (Å²) in [5.74, 6) is 6.88. The van der Waals surface area contributed by atoms with Gasteiger partial charge in [0, 0.05) is 92.5 Å². The second-order valence-corrected chi connectivity index (χ2v) is 38.0. The number of aryl methyl sites for hydroxylation is 4. The van der Waals surface area contributed by atoms with Gasteiger partial charge in [-0.25, -0.2) is 0 Å². The quantitative estimate of drug-likeness (QED) is 0.0325. The Morgan fingerprint density at radius 1 is 0.331 bits per heavy atom. The van der Waals surface area contributed by atoms with Crippen molar-refractivity contribution in [1.29, 1.82) is 0 Å². The molecular formula is C112H137N3O18. The molecule has 708 valence electrons. The maximum atomic E-state index is 14.1. The second kappa shape index (κ2) is 46.7. The molecule has 0 radical (unpaired) electrons. The highest BCUT2D eigenvalue weighted by Crippen LogP contribution is 2.52. The van der Waals surface area contributed by atoms with Crippen LogP contribution >= 0.6 is 0 Å². The summed E-state index contributed by atoms with van der Waals surface area (Å²) >= 11 is 0. The molecule has 0 N–H and O–H groups in total. The highest BCUT2D eigenvalue weighted by Gasteiger charge is 2.50. The van der Waals surface area contributed by atoms with Crippen molar-refractivity contribution in [2.24, 2.45) is 29.6 Å². The Kier molecular flexibility index (Phi) is 35.0. The molecule has 9 aromatic rings. The first-order valence-corrected chi connectivity index (χ1v) is 47.7. The number of fused-ring (bicyclic) bond motifs is 3. The lowest BCUT2D eigenvalue weighted by atomic mass is 9.80. The zero-order chi connectivity index (χ0) is 94.7. The molecule has 6 aliphatic rings. The third-order valence-corrected chi connectivity index (χ3v) is 26.2. The average molecular weight is 1810 g/mol. The van der Waals surface area contributed by atoms with E-state index in [1.165, 1.54) is 22.3 Å². The normalized spacial score (nSPS) is 19.5. The van der Waals surface area contributed by atoms with Crippen molar-refractivity contribution in [2.45, 2.75) is 210 Å². The SMILES string of the molecule is CC(=O)[C@@H]1[C@@H](c2ccc3c(c2)OCO3)CN(CC(=O)Cc2c(C)cccc2C)[C@H]1c1ccc(OCCOC(C)C)cc1.CC(=O)[C@@H]1[C@@H](c2ccc3c(c2)OCO3)CN(CC(=O)Cc2c(CC(C)C)cccc2CC(C)C)[C@H]1c1ccc(OCCOC(C)C)cc1.CCc1cccc(C)c1CC(=O)CN1C[C@H](c2ccc3c(c2)OCO3)[C@@H](C(C)=O)[C@@H]1c1ccc(OCCOC(C)C)cc1. The molecule has 0 amide bonds. The smallest absolute Gasteiger partial charge is 0.231 e. The van der Waals surface area contributed by atoms with E-state index in [9.17, 15) is 28.8 Å². The van der Waals surface area contributed by atoms with Crippen molar-refractivity contribution in [2.75, 3.05) is 99.3 Å². The minimum atomic E-state index is -0.339. The molecule has 0 aliphatic carbocycles. The Balaban J connectivity index is 0.000000170. The topological polar surface area (TPSA) is 223 Å². The molecule has 0 saturated carbocycles. The summed E-state index contributed by atoms with van der Waals surface area (Å²) in [6.45, 7) is 40.2. The van der Waals surface area contributed by atoms with E-state index in [1.54, 1.807) is 20.8 Å². The molecule has 6 heterocycles. The van der Waals surface area contributed by atoms with Gasteiger partial charge in [0.2, 0.25) is 20.4 Å². The summed E-state index contributed by atoms with van der Waals surface area (Å²) < 4.78 is 68.1. The standard InChI is InChI=1S/C41H53NO6.C36H43NO6.C35H41NO6/c1-26(2)19-31-9-8-10-32(20-27(3)4)36(31)22-34(44)23-42-24-37(33-13-16-38-39(21-33)48-25-47-38)40(29(7)43)41(42)30-11-14-35(15-12-30)46-18-17-45-28(5)6;1-6-26-9-7-8-24(4)31(26)19-29(39)20-37-21-32(28-12-15-33-34(18-28)43-22-42-33)35(25(5)38)36(37)27-10-13-30(14-11-27)41-17-16-40-23(2)3;1-22(2)39-15-16-40-29-12-9-26(10-13-29)35-34(25(5)37)31(27-11-14-32-33(17-27)42-21-41-32)20-36(35)19-28(38)18-30-23(3)7-6-8-24(30)4/h8-16,21,26-28,37,40-41H,17-20,22-25H2,1-7H3;7-15,18,23,32,35-36H,6,16-17,19-22H2,1-5H3;6-14,17,22,31,34-35H,15-16,18-21H2,1-5H3/t37-,40-,41+;32-,35-,36+;31-,34-,35+/m111/s1. The molecule has 21 heteroatoms. The number of rotatable bonds is 41. The summed E-state index contributed by atoms with van der Waals surface area (Å²) in [5.41, 5.74) is 16.5. The lowest BCUT2D eigenvalue weighted by Crippen LogP contribution is -2.33. The molecule has 21 nitrogen and oxygen atoms in total. The van der Waals surface area contributed by atoms with Crippen LogP contribution < -0.4 is 42.6 Å². The fourth-order valence-corrected chi connectivity index (χ4v) is 20.1. The first-order valence-electron chi connectivity index (χ1n) is 47.7. The van der Waals surface area contributed by atoms with E-state index in [4.69, 9.17) is 56.8 Å². The lowest BCUT2D eigenvalue weighted by Gasteiger charge is -2.28. The van der Waals surface area contributed by atoms with Crippen LogP contribution in [-0.4, -0.2) is 167 Å². The van der Waals surface area contributed by atoms with Crippen molar-refractivity contribution in [3.8, 4) is 51.7 Å². The van der Waals surface area contributed by atoms with Crippen LogP contribution in [-0.2, 0) is 81.5 Å². The second-order valence-electron chi connectivity index (χ2n) is 38.0. The van der Waals surface area contributed by atoms with Crippen LogP contribution in [0.3, 0.4) is 0 Å². The van der Waals surface area contributed by atoms with Gasteiger partial charge in [-0.05, 0) is 270 Å². The maximum absolute atomic E-state index is 14.1. The largest absolute Gasteiger partial charge is 0.491 e. The number of hydrogen-bond acceptors (Lipinski definition) is 21. The Morgan fingerprint density at radius 3 is 0.917 bits per heavy atom. The predicted molar refractivity (Wildman–Crippen MR) is 517 cm³/mol. The molecule has 133 heavy (non-hydrogen) atoms. The van der Waals surface area contributed by atoms with Gasteiger partial charge in [0.15, 0.2) is 51.8 Å². The molecular weight excluding hydrogens is 1680 g/mol. The molecule has 9 atom stereocenters. The van der Waals surface area contributed by atoms with E-state index in [2.05, 4.69) is 92.6 Å². The molecule has 15 rings (SSSR count). The van der Waals surface area contributed by atoms with E-state index in [0.717, 1.165) is 97.7 Å². The molecule has 6 aliphatic heterocycles. The number of hydrogen-bond donors (Lipinski definition) is 0. The van der Waals surface area contributed by atoms with Crippen LogP contribution in [0.25, 0.3) is 0 Å². The van der Waals surface area contributed by atoms with E-state index < -0.39 is 0 Å². The number of Topliss-reactive ketones (excluding diaryl/α,β-unsaturated/α-hetero) is 6. The molecule has 9 aromatic carbocycles. The summed E-state index contributed by atoms with van der Waals surface area (Å²) in [5, 5.41) is 0. The average Bonchev–Trinajstić information content (AvgIpc) is 1.62. The number of carbonyl (C=O) groups excluding carboxylic acids is 6. The van der Waals surface area contributed by atoms with Gasteiger partial charge in [0.05, 0.1) is 57.8 Å². The van der Waals surface area contributed by atoms with Crippen molar-refractivity contribution in [3.05, 3.63) is 265 Å². The van der Waals surface area contributed by atoms with Gasteiger partial charge in [0.25, 0.3) is 0 Å². The first kappa shape index (κ1) is 99.4. The minimum Gasteiger partial charge on any atom is -0.491 e. The third kappa shape index (κ3) is 25.9. The van der Waals surface area contributed by atoms with Gasteiger partial charge in [0.1, 0.15) is 54.4 Å². The Labute approximate surface area is 787 Å². The van der Waals surface area contributed by atoms with Crippen molar-refractivity contribution >= 4 is 34.7 Å². The van der Waals surface area contributed by atoms with Gasteiger partial charge < -0.3 is 56.8 Å². The number of ether oxygens (including phenoxy) is 12. The number of ketones is 6. The van der Waals surface area contributed by atoms with Crippen molar-refractivity contribution in [1.82, 2.24) is 14.7 Å². The van der Waals surface area contributed by atoms with E-state index >= 15 is 0 Å². The third-order valence-electron chi connectivity index (χ3n) is 26.2. The minimum absolute atomic E-state index is 0.0959. The van der Waals surface area contributed by atoms with Crippen LogP contribution in [0, 0.1) is 50.4 Å². The van der Waals surface area contributed by atoms with Crippen LogP contribution in [0.2, 0.25) is 0 Å². The van der Waals surface area contributed by atoms with Gasteiger partial charge >= 0.3 is 0 Å². The van der Waals surface area contributed by atoms with Crippen LogP contribution in [0.5, 0.6) is 51.7 Å². The molecule has 0 aromatic heterocycles. The summed E-state index contributed by atoms with van der Waals surface area (Å²) in [6.07, 6.45) is 4.36. The van der Waals surface area contributed by atoms with Crippen molar-refractivity contribution < 1.29 is 85.6 Å². The number of nitrogens with zero attached hydrogens (tertiary/aromatic N) is 3. The highest BCUT2D eigenvalue weighted by molar-refractivity contribution is 5.87. The molecule has 3 fully saturated rings. The molecule has 0 spiro atoms. The summed E-state index contributed by atoms with van der Waals surface area (Å²) in [7, 11) is 0. The number of benzene rings is 9. The summed E-state index contributed by atoms with van der Waals surface area (Å²) in [4.78, 5) is 88.3. The van der Waals surface area contributed by atoms with E-state index in [-0.39, 0.29) is 147 Å². The number of likely N-dealkylation sites (tertiary alicyclic amines) is 3. The van der Waals surface area contributed by atoms with Gasteiger partial charge in [-0.15, -0.1) is 0 Å². The highest BCUT2D eigenvalue weighted by atomic mass is 16.7. The molecule has 0 bridgehead atoms.